The number of ether oxygens (including phenoxy) is 1. The first kappa shape index (κ1) is 9.39. The first-order valence-electron chi connectivity index (χ1n) is 4.21. The second kappa shape index (κ2) is 2.98. The average molecular weight is 170 g/mol. The summed E-state index contributed by atoms with van der Waals surface area (Å²) in [6, 6.07) is 0. The molecule has 0 unspecified atom stereocenters. The third-order valence-corrected chi connectivity index (χ3v) is 1.99. The molecule has 0 aromatic heterocycles. The summed E-state index contributed by atoms with van der Waals surface area (Å²) in [6.07, 6.45) is 0.275. The van der Waals surface area contributed by atoms with Crippen LogP contribution in [0.4, 0.5) is 0 Å². The van der Waals surface area contributed by atoms with Gasteiger partial charge in [-0.1, -0.05) is 6.92 Å². The minimum absolute atomic E-state index is 0.211. The molecule has 3 nitrogen and oxygen atoms in total. The van der Waals surface area contributed by atoms with Crippen LogP contribution in [0.5, 0.6) is 0 Å². The summed E-state index contributed by atoms with van der Waals surface area (Å²) in [5.74, 6) is -0.657. The number of carbonyl (C=O) groups is 2. The van der Waals surface area contributed by atoms with Crippen molar-refractivity contribution in [2.24, 2.45) is 0 Å². The van der Waals surface area contributed by atoms with Crippen molar-refractivity contribution in [3.05, 3.63) is 0 Å². The minimum atomic E-state index is -0.513. The SMILES string of the molecule is CC[C@H]1OC(C)(C)CC(=O)C1=O. The molecule has 0 N–H and O–H groups in total. The standard InChI is InChI=1S/C9H14O3/c1-4-7-8(11)6(10)5-9(2,3)12-7/h7H,4-5H2,1-3H3/t7-/m1/s1. The monoisotopic (exact) mass is 170 g/mol. The van der Waals surface area contributed by atoms with Crippen molar-refractivity contribution in [2.45, 2.75) is 45.3 Å². The van der Waals surface area contributed by atoms with E-state index in [2.05, 4.69) is 0 Å². The number of carbonyl (C=O) groups excluding carboxylic acids is 2. The molecule has 0 bridgehead atoms. The fourth-order valence-electron chi connectivity index (χ4n) is 1.40. The quantitative estimate of drug-likeness (QED) is 0.553. The molecule has 1 atom stereocenters. The summed E-state index contributed by atoms with van der Waals surface area (Å²) >= 11 is 0. The van der Waals surface area contributed by atoms with Crippen LogP contribution in [0.3, 0.4) is 0 Å². The van der Waals surface area contributed by atoms with Crippen molar-refractivity contribution < 1.29 is 14.3 Å². The van der Waals surface area contributed by atoms with Crippen LogP contribution in [0.1, 0.15) is 33.6 Å². The van der Waals surface area contributed by atoms with E-state index < -0.39 is 11.7 Å². The fourth-order valence-corrected chi connectivity index (χ4v) is 1.40. The van der Waals surface area contributed by atoms with Gasteiger partial charge in [0.1, 0.15) is 6.10 Å². The molecule has 1 heterocycles. The molecule has 3 heteroatoms. The lowest BCUT2D eigenvalue weighted by atomic mass is 9.92. The number of hydrogen-bond acceptors (Lipinski definition) is 3. The van der Waals surface area contributed by atoms with Crippen LogP contribution in [-0.2, 0) is 14.3 Å². The maximum Gasteiger partial charge on any atom is 0.227 e. The first-order valence-corrected chi connectivity index (χ1v) is 4.21. The molecular weight excluding hydrogens is 156 g/mol. The number of hydrogen-bond donors (Lipinski definition) is 0. The Balaban J connectivity index is 2.78. The maximum absolute atomic E-state index is 11.2. The Hall–Kier alpha value is -0.700. The van der Waals surface area contributed by atoms with E-state index >= 15 is 0 Å². The highest BCUT2D eigenvalue weighted by Crippen LogP contribution is 2.24. The fraction of sp³-hybridized carbons (Fsp3) is 0.778. The van der Waals surface area contributed by atoms with Gasteiger partial charge in [-0.2, -0.15) is 0 Å². The maximum atomic E-state index is 11.2. The van der Waals surface area contributed by atoms with Gasteiger partial charge in [0.15, 0.2) is 0 Å². The van der Waals surface area contributed by atoms with Crippen molar-refractivity contribution in [2.75, 3.05) is 0 Å². The summed E-state index contributed by atoms with van der Waals surface area (Å²) in [4.78, 5) is 22.3. The molecule has 1 aliphatic heterocycles. The molecular formula is C9H14O3. The van der Waals surface area contributed by atoms with E-state index in [1.165, 1.54) is 0 Å². The van der Waals surface area contributed by atoms with Crippen LogP contribution in [-0.4, -0.2) is 23.3 Å². The molecule has 0 aromatic rings. The van der Waals surface area contributed by atoms with Crippen LogP contribution in [0.2, 0.25) is 0 Å². The first-order chi connectivity index (χ1) is 5.46. The minimum Gasteiger partial charge on any atom is -0.364 e. The van der Waals surface area contributed by atoms with E-state index in [1.54, 1.807) is 0 Å². The number of Topliss-reactive ketones (excluding diaryl/α,β-unsaturated/α-hetero) is 2. The van der Waals surface area contributed by atoms with Crippen molar-refractivity contribution in [3.8, 4) is 0 Å². The van der Waals surface area contributed by atoms with Crippen LogP contribution < -0.4 is 0 Å². The molecule has 1 fully saturated rings. The third-order valence-electron chi connectivity index (χ3n) is 1.99. The lowest BCUT2D eigenvalue weighted by Crippen LogP contribution is -2.46. The van der Waals surface area contributed by atoms with E-state index in [0.29, 0.717) is 6.42 Å². The highest BCUT2D eigenvalue weighted by Gasteiger charge is 2.39. The predicted molar refractivity (Wildman–Crippen MR) is 43.9 cm³/mol. The highest BCUT2D eigenvalue weighted by atomic mass is 16.5. The third kappa shape index (κ3) is 1.72. The molecule has 12 heavy (non-hydrogen) atoms. The predicted octanol–water partition coefficient (Wildman–Crippen LogP) is 1.10. The van der Waals surface area contributed by atoms with Gasteiger partial charge in [0, 0.05) is 6.42 Å². The summed E-state index contributed by atoms with van der Waals surface area (Å²) in [7, 11) is 0. The Morgan fingerprint density at radius 3 is 2.58 bits per heavy atom. The molecule has 0 amide bonds. The number of rotatable bonds is 1. The molecule has 1 saturated heterocycles. The van der Waals surface area contributed by atoms with Gasteiger partial charge in [-0.05, 0) is 20.3 Å². The highest BCUT2D eigenvalue weighted by molar-refractivity contribution is 6.39. The summed E-state index contributed by atoms with van der Waals surface area (Å²) in [5, 5.41) is 0. The van der Waals surface area contributed by atoms with Crippen LogP contribution in [0.15, 0.2) is 0 Å². The van der Waals surface area contributed by atoms with Gasteiger partial charge in [-0.15, -0.1) is 0 Å². The van der Waals surface area contributed by atoms with Gasteiger partial charge in [0.2, 0.25) is 11.6 Å². The molecule has 0 spiro atoms. The van der Waals surface area contributed by atoms with E-state index in [4.69, 9.17) is 4.74 Å². The molecule has 68 valence electrons. The molecule has 0 radical (unpaired) electrons. The normalized spacial score (nSPS) is 29.1. The van der Waals surface area contributed by atoms with Gasteiger partial charge < -0.3 is 4.74 Å². The molecule has 1 aliphatic rings. The lowest BCUT2D eigenvalue weighted by Gasteiger charge is -2.33. The van der Waals surface area contributed by atoms with Crippen LogP contribution in [0.25, 0.3) is 0 Å². The Labute approximate surface area is 72.1 Å². The second-order valence-electron chi connectivity index (χ2n) is 3.74. The second-order valence-corrected chi connectivity index (χ2v) is 3.74. The van der Waals surface area contributed by atoms with Crippen molar-refractivity contribution in [1.29, 1.82) is 0 Å². The van der Waals surface area contributed by atoms with Crippen molar-refractivity contribution in [3.63, 3.8) is 0 Å². The topological polar surface area (TPSA) is 43.4 Å². The van der Waals surface area contributed by atoms with E-state index in [1.807, 2.05) is 20.8 Å². The van der Waals surface area contributed by atoms with Gasteiger partial charge in [0.05, 0.1) is 5.60 Å². The van der Waals surface area contributed by atoms with E-state index in [-0.39, 0.29) is 18.0 Å². The Kier molecular flexibility index (Phi) is 2.33. The van der Waals surface area contributed by atoms with Crippen LogP contribution >= 0.6 is 0 Å². The molecule has 1 rings (SSSR count). The lowest BCUT2D eigenvalue weighted by molar-refractivity contribution is -0.165. The largest absolute Gasteiger partial charge is 0.364 e. The van der Waals surface area contributed by atoms with Gasteiger partial charge in [0.25, 0.3) is 0 Å². The zero-order valence-corrected chi connectivity index (χ0v) is 7.72. The zero-order chi connectivity index (χ0) is 9.35. The smallest absolute Gasteiger partial charge is 0.227 e. The Morgan fingerprint density at radius 1 is 1.50 bits per heavy atom. The van der Waals surface area contributed by atoms with E-state index in [9.17, 15) is 9.59 Å². The van der Waals surface area contributed by atoms with Crippen LogP contribution in [0, 0.1) is 0 Å². The molecule has 0 aromatic carbocycles. The van der Waals surface area contributed by atoms with Gasteiger partial charge in [-0.25, -0.2) is 0 Å². The van der Waals surface area contributed by atoms with E-state index in [0.717, 1.165) is 0 Å². The summed E-state index contributed by atoms with van der Waals surface area (Å²) < 4.78 is 5.44. The van der Waals surface area contributed by atoms with Gasteiger partial charge in [-0.3, -0.25) is 9.59 Å². The van der Waals surface area contributed by atoms with Crippen molar-refractivity contribution >= 4 is 11.6 Å². The van der Waals surface area contributed by atoms with Gasteiger partial charge >= 0.3 is 0 Å². The summed E-state index contributed by atoms with van der Waals surface area (Å²) in [6.45, 7) is 5.51. The zero-order valence-electron chi connectivity index (χ0n) is 7.72. The van der Waals surface area contributed by atoms with Crippen molar-refractivity contribution in [1.82, 2.24) is 0 Å². The molecule has 0 aliphatic carbocycles. The number of ketones is 2. The average Bonchev–Trinajstić information content (AvgIpc) is 1.96. The molecule has 0 saturated carbocycles. The Bertz CT molecular complexity index is 218. The Morgan fingerprint density at radius 2 is 2.08 bits per heavy atom. The summed E-state index contributed by atoms with van der Waals surface area (Å²) in [5.41, 5.74) is -0.467.